The van der Waals surface area contributed by atoms with Crippen molar-refractivity contribution in [3.63, 3.8) is 0 Å². The van der Waals surface area contributed by atoms with E-state index in [1.165, 1.54) is 5.56 Å². The minimum atomic E-state index is 0.146. The number of aromatic nitrogens is 1. The quantitative estimate of drug-likeness (QED) is 0.918. The summed E-state index contributed by atoms with van der Waals surface area (Å²) in [6.07, 6.45) is 4.05. The van der Waals surface area contributed by atoms with Gasteiger partial charge >= 0.3 is 0 Å². The van der Waals surface area contributed by atoms with Crippen LogP contribution in [0.1, 0.15) is 38.3 Å². The van der Waals surface area contributed by atoms with Crippen LogP contribution in [0.2, 0.25) is 5.02 Å². The van der Waals surface area contributed by atoms with Crippen LogP contribution in [-0.2, 0) is 0 Å². The molecule has 3 rings (SSSR count). The van der Waals surface area contributed by atoms with E-state index >= 15 is 0 Å². The molecule has 0 spiro atoms. The van der Waals surface area contributed by atoms with Gasteiger partial charge in [0, 0.05) is 28.7 Å². The second-order valence-corrected chi connectivity index (χ2v) is 6.53. The average Bonchev–Trinajstić information content (AvgIpc) is 2.48. The fourth-order valence-electron chi connectivity index (χ4n) is 3.44. The molecule has 1 aliphatic rings. The molecule has 0 saturated carbocycles. The van der Waals surface area contributed by atoms with Crippen molar-refractivity contribution in [2.75, 3.05) is 6.54 Å². The molecular formula is C17H22ClN3. The molecule has 112 valence electrons. The number of pyridine rings is 1. The summed E-state index contributed by atoms with van der Waals surface area (Å²) in [4.78, 5) is 7.07. The predicted molar refractivity (Wildman–Crippen MR) is 88.5 cm³/mol. The Labute approximate surface area is 131 Å². The molecule has 0 amide bonds. The van der Waals surface area contributed by atoms with Crippen LogP contribution < -0.4 is 5.73 Å². The second-order valence-electron chi connectivity index (χ2n) is 6.12. The Morgan fingerprint density at radius 3 is 2.90 bits per heavy atom. The van der Waals surface area contributed by atoms with Gasteiger partial charge in [-0.1, -0.05) is 17.7 Å². The molecule has 1 fully saturated rings. The van der Waals surface area contributed by atoms with Crippen molar-refractivity contribution in [1.82, 2.24) is 9.88 Å². The van der Waals surface area contributed by atoms with E-state index in [0.717, 1.165) is 35.3 Å². The van der Waals surface area contributed by atoms with Crippen molar-refractivity contribution in [3.05, 3.63) is 41.0 Å². The summed E-state index contributed by atoms with van der Waals surface area (Å²) in [5.41, 5.74) is 8.65. The van der Waals surface area contributed by atoms with Gasteiger partial charge in [0.2, 0.25) is 0 Å². The first kappa shape index (κ1) is 14.8. The zero-order valence-electron chi connectivity index (χ0n) is 12.6. The number of halogens is 1. The molecular weight excluding hydrogens is 282 g/mol. The molecule has 2 heterocycles. The predicted octanol–water partition coefficient (Wildman–Crippen LogP) is 3.76. The Morgan fingerprint density at radius 1 is 1.33 bits per heavy atom. The molecule has 21 heavy (non-hydrogen) atoms. The number of rotatable bonds is 2. The lowest BCUT2D eigenvalue weighted by atomic mass is 9.88. The summed E-state index contributed by atoms with van der Waals surface area (Å²) in [5, 5.41) is 1.76. The zero-order valence-corrected chi connectivity index (χ0v) is 13.3. The second kappa shape index (κ2) is 5.91. The van der Waals surface area contributed by atoms with Crippen LogP contribution in [0.25, 0.3) is 10.9 Å². The summed E-state index contributed by atoms with van der Waals surface area (Å²) < 4.78 is 0. The molecule has 0 radical (unpaired) electrons. The van der Waals surface area contributed by atoms with Crippen molar-refractivity contribution >= 4 is 22.5 Å². The van der Waals surface area contributed by atoms with Crippen LogP contribution in [-0.4, -0.2) is 28.5 Å². The number of nitrogens with zero attached hydrogens (tertiary/aromatic N) is 2. The first-order valence-corrected chi connectivity index (χ1v) is 8.02. The van der Waals surface area contributed by atoms with Gasteiger partial charge in [-0.3, -0.25) is 9.88 Å². The Kier molecular flexibility index (Phi) is 4.16. The minimum absolute atomic E-state index is 0.146. The van der Waals surface area contributed by atoms with Gasteiger partial charge in [-0.2, -0.15) is 0 Å². The van der Waals surface area contributed by atoms with E-state index in [0.29, 0.717) is 6.04 Å². The van der Waals surface area contributed by atoms with Crippen LogP contribution in [0.15, 0.2) is 30.5 Å². The van der Waals surface area contributed by atoms with Crippen molar-refractivity contribution < 1.29 is 0 Å². The first-order valence-electron chi connectivity index (χ1n) is 7.64. The van der Waals surface area contributed by atoms with E-state index in [2.05, 4.69) is 29.8 Å². The normalized spacial score (nSPS) is 23.9. The van der Waals surface area contributed by atoms with E-state index < -0.39 is 0 Å². The molecule has 1 saturated heterocycles. The topological polar surface area (TPSA) is 42.1 Å². The van der Waals surface area contributed by atoms with Crippen molar-refractivity contribution in [2.24, 2.45) is 5.73 Å². The van der Waals surface area contributed by atoms with Gasteiger partial charge in [-0.15, -0.1) is 0 Å². The fourth-order valence-corrected chi connectivity index (χ4v) is 3.66. The first-order chi connectivity index (χ1) is 10.1. The smallest absolute Gasteiger partial charge is 0.0765 e. The number of piperidine rings is 1. The van der Waals surface area contributed by atoms with Gasteiger partial charge in [0.1, 0.15) is 0 Å². The van der Waals surface area contributed by atoms with E-state index in [1.807, 2.05) is 24.4 Å². The minimum Gasteiger partial charge on any atom is -0.326 e. The Balaban J connectivity index is 2.15. The molecule has 2 aromatic rings. The van der Waals surface area contributed by atoms with Gasteiger partial charge in [0.05, 0.1) is 11.6 Å². The lowest BCUT2D eigenvalue weighted by Crippen LogP contribution is -2.48. The van der Waals surface area contributed by atoms with Gasteiger partial charge in [0.25, 0.3) is 0 Å². The fraction of sp³-hybridized carbons (Fsp3) is 0.471. The summed E-state index contributed by atoms with van der Waals surface area (Å²) >= 11 is 6.32. The van der Waals surface area contributed by atoms with Gasteiger partial charge < -0.3 is 5.73 Å². The molecule has 0 aliphatic carbocycles. The maximum absolute atomic E-state index is 6.47. The third-order valence-electron chi connectivity index (χ3n) is 4.45. The van der Waals surface area contributed by atoms with Crippen LogP contribution in [0.3, 0.4) is 0 Å². The van der Waals surface area contributed by atoms with E-state index in [4.69, 9.17) is 17.3 Å². The number of fused-ring (bicyclic) bond motifs is 1. The molecule has 2 atom stereocenters. The number of hydrogen-bond acceptors (Lipinski definition) is 3. The lowest BCUT2D eigenvalue weighted by molar-refractivity contribution is 0.0955. The average molecular weight is 304 g/mol. The van der Waals surface area contributed by atoms with E-state index in [1.54, 1.807) is 0 Å². The summed E-state index contributed by atoms with van der Waals surface area (Å²) in [6, 6.07) is 8.86. The molecule has 1 aromatic carbocycles. The molecule has 1 aliphatic heterocycles. The van der Waals surface area contributed by atoms with E-state index in [9.17, 15) is 0 Å². The summed E-state index contributed by atoms with van der Waals surface area (Å²) in [7, 11) is 0. The number of hydrogen-bond donors (Lipinski definition) is 1. The Morgan fingerprint density at radius 2 is 2.14 bits per heavy atom. The summed E-state index contributed by atoms with van der Waals surface area (Å²) in [5.74, 6) is 0. The van der Waals surface area contributed by atoms with Gasteiger partial charge in [0.15, 0.2) is 0 Å². The third kappa shape index (κ3) is 2.66. The third-order valence-corrected chi connectivity index (χ3v) is 4.78. The van der Waals surface area contributed by atoms with Crippen molar-refractivity contribution in [2.45, 2.75) is 44.8 Å². The molecule has 2 unspecified atom stereocenters. The van der Waals surface area contributed by atoms with Crippen LogP contribution in [0.4, 0.5) is 0 Å². The monoisotopic (exact) mass is 303 g/mol. The van der Waals surface area contributed by atoms with Gasteiger partial charge in [-0.05, 0) is 57.0 Å². The molecule has 3 nitrogen and oxygen atoms in total. The Hall–Kier alpha value is -1.16. The van der Waals surface area contributed by atoms with Crippen LogP contribution in [0.5, 0.6) is 0 Å². The maximum Gasteiger partial charge on any atom is 0.0765 e. The van der Waals surface area contributed by atoms with Crippen LogP contribution in [0, 0.1) is 0 Å². The van der Waals surface area contributed by atoms with Crippen LogP contribution >= 0.6 is 11.6 Å². The SMILES string of the molecule is CC(C)N1CCCC(N)C1c1ccc(Cl)c2cccnc12. The molecule has 4 heteroatoms. The standard InChI is InChI=1S/C17H22ClN3/c1-11(2)21-10-4-6-15(19)17(21)13-7-8-14(18)12-5-3-9-20-16(12)13/h3,5,7-9,11,15,17H,4,6,10,19H2,1-2H3. The Bertz CT molecular complexity index is 641. The van der Waals surface area contributed by atoms with Gasteiger partial charge in [-0.25, -0.2) is 0 Å². The molecule has 2 N–H and O–H groups in total. The number of likely N-dealkylation sites (tertiary alicyclic amines) is 1. The number of nitrogens with two attached hydrogens (primary N) is 1. The highest BCUT2D eigenvalue weighted by molar-refractivity contribution is 6.35. The largest absolute Gasteiger partial charge is 0.326 e. The molecule has 0 bridgehead atoms. The summed E-state index contributed by atoms with van der Waals surface area (Å²) in [6.45, 7) is 5.56. The maximum atomic E-state index is 6.47. The highest BCUT2D eigenvalue weighted by Crippen LogP contribution is 2.36. The van der Waals surface area contributed by atoms with Crippen molar-refractivity contribution in [1.29, 1.82) is 0 Å². The highest BCUT2D eigenvalue weighted by Gasteiger charge is 2.33. The highest BCUT2D eigenvalue weighted by atomic mass is 35.5. The van der Waals surface area contributed by atoms with E-state index in [-0.39, 0.29) is 12.1 Å². The number of benzene rings is 1. The van der Waals surface area contributed by atoms with Crippen molar-refractivity contribution in [3.8, 4) is 0 Å². The zero-order chi connectivity index (χ0) is 15.0. The molecule has 1 aromatic heterocycles. The lowest BCUT2D eigenvalue weighted by Gasteiger charge is -2.42.